The Bertz CT molecular complexity index is 272. The van der Waals surface area contributed by atoms with E-state index in [0.717, 1.165) is 18.3 Å². The lowest BCUT2D eigenvalue weighted by Gasteiger charge is -2.25. The lowest BCUT2D eigenvalue weighted by molar-refractivity contribution is 0.309. The van der Waals surface area contributed by atoms with Crippen LogP contribution in [0.15, 0.2) is 4.99 Å². The number of rotatable bonds is 3. The molecular weight excluding hydrogens is 230 g/mol. The molecule has 98 valence electrons. The summed E-state index contributed by atoms with van der Waals surface area (Å²) < 4.78 is 0. The molecule has 0 aromatic carbocycles. The predicted molar refractivity (Wildman–Crippen MR) is 76.8 cm³/mol. The first-order valence-corrected chi connectivity index (χ1v) is 8.14. The average molecular weight is 255 g/mol. The second kappa shape index (κ2) is 5.98. The minimum absolute atomic E-state index is 0.636. The lowest BCUT2D eigenvalue weighted by Crippen LogP contribution is -2.41. The molecular formula is C13H25N3S. The monoisotopic (exact) mass is 255 g/mol. The van der Waals surface area contributed by atoms with E-state index >= 15 is 0 Å². The average Bonchev–Trinajstić information content (AvgIpc) is 2.96. The van der Waals surface area contributed by atoms with Crippen LogP contribution in [0.1, 0.15) is 32.1 Å². The second-order valence-electron chi connectivity index (χ2n) is 5.35. The van der Waals surface area contributed by atoms with Crippen LogP contribution in [0.25, 0.3) is 0 Å². The van der Waals surface area contributed by atoms with Gasteiger partial charge in [-0.15, -0.1) is 0 Å². The molecule has 0 radical (unpaired) electrons. The molecule has 3 nitrogen and oxygen atoms in total. The van der Waals surface area contributed by atoms with Gasteiger partial charge in [0.15, 0.2) is 5.96 Å². The molecule has 1 N–H and O–H groups in total. The minimum atomic E-state index is 0.636. The fourth-order valence-electron chi connectivity index (χ4n) is 3.25. The number of guanidine groups is 1. The Morgan fingerprint density at radius 2 is 2.12 bits per heavy atom. The Balaban J connectivity index is 1.85. The van der Waals surface area contributed by atoms with Gasteiger partial charge in [-0.3, -0.25) is 4.99 Å². The van der Waals surface area contributed by atoms with Crippen LogP contribution in [-0.4, -0.2) is 49.6 Å². The van der Waals surface area contributed by atoms with E-state index in [9.17, 15) is 0 Å². The third-order valence-electron chi connectivity index (χ3n) is 4.20. The molecule has 2 fully saturated rings. The maximum absolute atomic E-state index is 4.42. The van der Waals surface area contributed by atoms with Gasteiger partial charge >= 0.3 is 0 Å². The van der Waals surface area contributed by atoms with E-state index in [4.69, 9.17) is 0 Å². The van der Waals surface area contributed by atoms with E-state index < -0.39 is 0 Å². The van der Waals surface area contributed by atoms with Crippen LogP contribution in [-0.2, 0) is 0 Å². The van der Waals surface area contributed by atoms with Crippen molar-refractivity contribution in [1.82, 2.24) is 10.2 Å². The zero-order chi connectivity index (χ0) is 12.1. The highest BCUT2D eigenvalue weighted by Gasteiger charge is 2.40. The number of hydrogen-bond acceptors (Lipinski definition) is 2. The van der Waals surface area contributed by atoms with Crippen molar-refractivity contribution < 1.29 is 0 Å². The van der Waals surface area contributed by atoms with Gasteiger partial charge in [-0.25, -0.2) is 0 Å². The largest absolute Gasteiger partial charge is 0.355 e. The highest BCUT2D eigenvalue weighted by atomic mass is 32.2. The van der Waals surface area contributed by atoms with Gasteiger partial charge in [0.2, 0.25) is 0 Å². The van der Waals surface area contributed by atoms with E-state index in [-0.39, 0.29) is 0 Å². The molecule has 1 spiro atoms. The molecule has 1 heterocycles. The third kappa shape index (κ3) is 3.09. The Labute approximate surface area is 109 Å². The highest BCUT2D eigenvalue weighted by molar-refractivity contribution is 7.98. The molecule has 0 atom stereocenters. The van der Waals surface area contributed by atoms with Crippen molar-refractivity contribution in [3.8, 4) is 0 Å². The number of hydrogen-bond donors (Lipinski definition) is 1. The van der Waals surface area contributed by atoms with Crippen molar-refractivity contribution >= 4 is 17.7 Å². The summed E-state index contributed by atoms with van der Waals surface area (Å²) in [4.78, 5) is 6.88. The standard InChI is InChI=1S/C13H25N3S/c1-14-12(15-8-10-17-2)16-9-7-13(11-16)5-3-4-6-13/h3-11H2,1-2H3,(H,14,15). The molecule has 1 saturated carbocycles. The van der Waals surface area contributed by atoms with Crippen LogP contribution in [0.3, 0.4) is 0 Å². The summed E-state index contributed by atoms with van der Waals surface area (Å²) in [6.45, 7) is 3.45. The van der Waals surface area contributed by atoms with Crippen molar-refractivity contribution in [1.29, 1.82) is 0 Å². The van der Waals surface area contributed by atoms with Crippen LogP contribution in [0.2, 0.25) is 0 Å². The van der Waals surface area contributed by atoms with Crippen molar-refractivity contribution in [3.63, 3.8) is 0 Å². The topological polar surface area (TPSA) is 27.6 Å². The van der Waals surface area contributed by atoms with Gasteiger partial charge in [0.05, 0.1) is 0 Å². The lowest BCUT2D eigenvalue weighted by atomic mass is 9.86. The predicted octanol–water partition coefficient (Wildman–Crippen LogP) is 2.19. The van der Waals surface area contributed by atoms with Gasteiger partial charge in [-0.1, -0.05) is 12.8 Å². The van der Waals surface area contributed by atoms with Crippen LogP contribution in [0.4, 0.5) is 0 Å². The zero-order valence-corrected chi connectivity index (χ0v) is 12.0. The minimum Gasteiger partial charge on any atom is -0.355 e. The van der Waals surface area contributed by atoms with Gasteiger partial charge in [-0.2, -0.15) is 11.8 Å². The molecule has 0 aromatic heterocycles. The summed E-state index contributed by atoms with van der Waals surface area (Å²) in [5, 5.41) is 3.47. The van der Waals surface area contributed by atoms with Crippen LogP contribution >= 0.6 is 11.8 Å². The quantitative estimate of drug-likeness (QED) is 0.476. The van der Waals surface area contributed by atoms with Crippen molar-refractivity contribution in [2.75, 3.05) is 38.7 Å². The van der Waals surface area contributed by atoms with Gasteiger partial charge < -0.3 is 10.2 Å². The summed E-state index contributed by atoms with van der Waals surface area (Å²) >= 11 is 1.88. The van der Waals surface area contributed by atoms with Crippen molar-refractivity contribution in [2.45, 2.75) is 32.1 Å². The van der Waals surface area contributed by atoms with Gasteiger partial charge in [0.25, 0.3) is 0 Å². The van der Waals surface area contributed by atoms with Crippen LogP contribution < -0.4 is 5.32 Å². The summed E-state index contributed by atoms with van der Waals surface area (Å²) in [6, 6.07) is 0. The van der Waals surface area contributed by atoms with E-state index in [1.165, 1.54) is 45.2 Å². The van der Waals surface area contributed by atoms with E-state index in [1.807, 2.05) is 18.8 Å². The first-order valence-electron chi connectivity index (χ1n) is 6.74. The summed E-state index contributed by atoms with van der Waals surface area (Å²) in [5.41, 5.74) is 0.636. The number of nitrogens with zero attached hydrogens (tertiary/aromatic N) is 2. The normalized spacial score (nSPS) is 23.6. The second-order valence-corrected chi connectivity index (χ2v) is 6.33. The molecule has 17 heavy (non-hydrogen) atoms. The Morgan fingerprint density at radius 1 is 1.35 bits per heavy atom. The van der Waals surface area contributed by atoms with Crippen molar-refractivity contribution in [3.05, 3.63) is 0 Å². The molecule has 1 saturated heterocycles. The molecule has 2 rings (SSSR count). The molecule has 4 heteroatoms. The van der Waals surface area contributed by atoms with Gasteiger partial charge in [0, 0.05) is 32.4 Å². The van der Waals surface area contributed by atoms with Gasteiger partial charge in [0.1, 0.15) is 0 Å². The molecule has 1 aliphatic carbocycles. The summed E-state index contributed by atoms with van der Waals surface area (Å²) in [5.74, 6) is 2.26. The molecule has 0 amide bonds. The van der Waals surface area contributed by atoms with Crippen LogP contribution in [0.5, 0.6) is 0 Å². The van der Waals surface area contributed by atoms with E-state index in [2.05, 4.69) is 21.5 Å². The maximum Gasteiger partial charge on any atom is 0.193 e. The highest BCUT2D eigenvalue weighted by Crippen LogP contribution is 2.45. The SMILES string of the molecule is CN=C(NCCSC)N1CCC2(CCCC2)C1. The first-order chi connectivity index (χ1) is 8.29. The summed E-state index contributed by atoms with van der Waals surface area (Å²) in [6.07, 6.45) is 9.26. The maximum atomic E-state index is 4.42. The van der Waals surface area contributed by atoms with Crippen LogP contribution in [0, 0.1) is 5.41 Å². The fourth-order valence-corrected chi connectivity index (χ4v) is 3.55. The molecule has 1 aliphatic heterocycles. The number of thioether (sulfide) groups is 1. The van der Waals surface area contributed by atoms with E-state index in [0.29, 0.717) is 5.41 Å². The first kappa shape index (κ1) is 13.1. The zero-order valence-electron chi connectivity index (χ0n) is 11.2. The molecule has 0 aromatic rings. The van der Waals surface area contributed by atoms with E-state index in [1.54, 1.807) is 0 Å². The molecule has 2 aliphatic rings. The Morgan fingerprint density at radius 3 is 2.76 bits per heavy atom. The van der Waals surface area contributed by atoms with Gasteiger partial charge in [-0.05, 0) is 30.9 Å². The molecule has 0 unspecified atom stereocenters. The number of aliphatic imine (C=N–C) groups is 1. The number of likely N-dealkylation sites (tertiary alicyclic amines) is 1. The third-order valence-corrected chi connectivity index (χ3v) is 4.82. The Kier molecular flexibility index (Phi) is 4.60. The summed E-state index contributed by atoms with van der Waals surface area (Å²) in [7, 11) is 1.90. The number of nitrogens with one attached hydrogen (secondary N) is 1. The smallest absolute Gasteiger partial charge is 0.193 e. The fraction of sp³-hybridized carbons (Fsp3) is 0.923. The molecule has 0 bridgehead atoms. The Hall–Kier alpha value is -0.380. The van der Waals surface area contributed by atoms with Crippen molar-refractivity contribution in [2.24, 2.45) is 10.4 Å².